The highest BCUT2D eigenvalue weighted by Gasteiger charge is 2.15. The van der Waals surface area contributed by atoms with Crippen LogP contribution in [0.3, 0.4) is 0 Å². The average Bonchev–Trinajstić information content (AvgIpc) is 2.67. The third-order valence-corrected chi connectivity index (χ3v) is 4.28. The number of carbonyl (C=O) groups is 1. The number of nitrogens with one attached hydrogen (secondary N) is 1. The molecule has 1 amide bonds. The molecule has 0 aliphatic rings. The van der Waals surface area contributed by atoms with E-state index < -0.39 is 0 Å². The molecule has 5 nitrogen and oxygen atoms in total. The van der Waals surface area contributed by atoms with E-state index >= 15 is 0 Å². The summed E-state index contributed by atoms with van der Waals surface area (Å²) >= 11 is 0. The smallest absolute Gasteiger partial charge is 0.247 e. The second kappa shape index (κ2) is 7.70. The predicted octanol–water partition coefficient (Wildman–Crippen LogP) is 3.81. The molecule has 0 aromatic heterocycles. The molecule has 1 atom stereocenters. The van der Waals surface area contributed by atoms with E-state index in [1.165, 1.54) is 6.21 Å². The topological polar surface area (TPSA) is 70.9 Å². The molecular weight excluding hydrogens is 328 g/mol. The van der Waals surface area contributed by atoms with Crippen LogP contribution in [0, 0.1) is 0 Å². The van der Waals surface area contributed by atoms with Crippen molar-refractivity contribution in [1.29, 1.82) is 0 Å². The van der Waals surface area contributed by atoms with Gasteiger partial charge in [0, 0.05) is 5.56 Å². The molecule has 0 radical (unpaired) electrons. The van der Waals surface area contributed by atoms with Gasteiger partial charge in [0.15, 0.2) is 0 Å². The predicted molar refractivity (Wildman–Crippen MR) is 103 cm³/mol. The van der Waals surface area contributed by atoms with Gasteiger partial charge in [-0.05, 0) is 47.5 Å². The van der Waals surface area contributed by atoms with Crippen molar-refractivity contribution in [3.8, 4) is 11.5 Å². The Balaban J connectivity index is 1.72. The van der Waals surface area contributed by atoms with Crippen LogP contribution in [0.2, 0.25) is 0 Å². The molecule has 0 aliphatic carbocycles. The number of methoxy groups -OCH3 is 1. The molecule has 0 aliphatic heterocycles. The van der Waals surface area contributed by atoms with Crippen molar-refractivity contribution < 1.29 is 14.6 Å². The number of nitrogens with zero attached hydrogens (tertiary/aromatic N) is 1. The number of ether oxygens (including phenoxy) is 1. The Morgan fingerprint density at radius 2 is 1.85 bits per heavy atom. The first kappa shape index (κ1) is 17.5. The summed E-state index contributed by atoms with van der Waals surface area (Å²) in [6.45, 7) is 1.83. The minimum absolute atomic E-state index is 0.114. The van der Waals surface area contributed by atoms with Crippen LogP contribution in [-0.2, 0) is 4.79 Å². The third-order valence-electron chi connectivity index (χ3n) is 4.28. The Morgan fingerprint density at radius 3 is 2.62 bits per heavy atom. The maximum atomic E-state index is 12.3. The summed E-state index contributed by atoms with van der Waals surface area (Å²) in [6.07, 6.45) is 1.42. The molecule has 3 aromatic carbocycles. The lowest BCUT2D eigenvalue weighted by molar-refractivity contribution is -0.122. The standard InChI is InChI=1S/C21H20N2O3/c1-14(21(25)23-22-13-18-5-3-4-6-20(18)24)15-7-8-17-12-19(26-2)10-9-16(17)11-15/h3-14,24H,1-2H3,(H,23,25)/b22-13+/t14-/m0/s1. The molecule has 0 saturated carbocycles. The van der Waals surface area contributed by atoms with Crippen molar-refractivity contribution in [2.24, 2.45) is 5.10 Å². The van der Waals surface area contributed by atoms with Gasteiger partial charge < -0.3 is 9.84 Å². The van der Waals surface area contributed by atoms with Gasteiger partial charge in [0.05, 0.1) is 19.2 Å². The second-order valence-electron chi connectivity index (χ2n) is 5.99. The molecular formula is C21H20N2O3. The first-order valence-corrected chi connectivity index (χ1v) is 8.27. The van der Waals surface area contributed by atoms with Crippen LogP contribution in [0.25, 0.3) is 10.8 Å². The first-order chi connectivity index (χ1) is 12.6. The molecule has 132 valence electrons. The van der Waals surface area contributed by atoms with E-state index in [0.717, 1.165) is 22.1 Å². The zero-order valence-electron chi connectivity index (χ0n) is 14.6. The molecule has 3 aromatic rings. The van der Waals surface area contributed by atoms with E-state index in [-0.39, 0.29) is 17.6 Å². The number of carbonyl (C=O) groups excluding carboxylic acids is 1. The van der Waals surface area contributed by atoms with Crippen molar-refractivity contribution >= 4 is 22.9 Å². The summed E-state index contributed by atoms with van der Waals surface area (Å²) in [7, 11) is 1.64. The zero-order valence-corrected chi connectivity index (χ0v) is 14.6. The highest BCUT2D eigenvalue weighted by Crippen LogP contribution is 2.25. The van der Waals surface area contributed by atoms with Gasteiger partial charge in [0.25, 0.3) is 0 Å². The van der Waals surface area contributed by atoms with E-state index in [4.69, 9.17) is 4.74 Å². The lowest BCUT2D eigenvalue weighted by Gasteiger charge is -2.11. The maximum Gasteiger partial charge on any atom is 0.247 e. The number of hydrazone groups is 1. The summed E-state index contributed by atoms with van der Waals surface area (Å²) in [5.74, 6) is 0.339. The zero-order chi connectivity index (χ0) is 18.5. The number of fused-ring (bicyclic) bond motifs is 1. The fraction of sp³-hybridized carbons (Fsp3) is 0.143. The normalized spacial score (nSPS) is 12.2. The first-order valence-electron chi connectivity index (χ1n) is 8.27. The number of para-hydroxylation sites is 1. The molecule has 26 heavy (non-hydrogen) atoms. The minimum atomic E-state index is -0.358. The number of rotatable bonds is 5. The van der Waals surface area contributed by atoms with Gasteiger partial charge in [-0.15, -0.1) is 0 Å². The second-order valence-corrected chi connectivity index (χ2v) is 5.99. The maximum absolute atomic E-state index is 12.3. The van der Waals surface area contributed by atoms with E-state index in [1.807, 2.05) is 43.3 Å². The minimum Gasteiger partial charge on any atom is -0.507 e. The van der Waals surface area contributed by atoms with Gasteiger partial charge in [-0.25, -0.2) is 5.43 Å². The Labute approximate surface area is 151 Å². The molecule has 0 bridgehead atoms. The fourth-order valence-electron chi connectivity index (χ4n) is 2.65. The number of phenols is 1. The Morgan fingerprint density at radius 1 is 1.12 bits per heavy atom. The van der Waals surface area contributed by atoms with Crippen LogP contribution in [0.1, 0.15) is 24.0 Å². The van der Waals surface area contributed by atoms with Crippen LogP contribution in [-0.4, -0.2) is 24.3 Å². The SMILES string of the molecule is COc1ccc2cc([C@H](C)C(=O)N/N=C/c3ccccc3O)ccc2c1. The largest absolute Gasteiger partial charge is 0.507 e. The third kappa shape index (κ3) is 3.83. The lowest BCUT2D eigenvalue weighted by atomic mass is 9.97. The number of hydrogen-bond donors (Lipinski definition) is 2. The molecule has 5 heteroatoms. The fourth-order valence-corrected chi connectivity index (χ4v) is 2.65. The van der Waals surface area contributed by atoms with Crippen LogP contribution < -0.4 is 10.2 Å². The van der Waals surface area contributed by atoms with Crippen molar-refractivity contribution in [1.82, 2.24) is 5.43 Å². The summed E-state index contributed by atoms with van der Waals surface area (Å²) < 4.78 is 5.23. The molecule has 0 fully saturated rings. The molecule has 0 unspecified atom stereocenters. The van der Waals surface area contributed by atoms with Gasteiger partial charge >= 0.3 is 0 Å². The lowest BCUT2D eigenvalue weighted by Crippen LogP contribution is -2.23. The number of hydrogen-bond acceptors (Lipinski definition) is 4. The van der Waals surface area contributed by atoms with Gasteiger partial charge in [0.1, 0.15) is 11.5 Å². The van der Waals surface area contributed by atoms with Crippen LogP contribution >= 0.6 is 0 Å². The quantitative estimate of drug-likeness (QED) is 0.544. The molecule has 0 saturated heterocycles. The van der Waals surface area contributed by atoms with Gasteiger partial charge in [-0.2, -0.15) is 5.10 Å². The summed E-state index contributed by atoms with van der Waals surface area (Å²) in [4.78, 5) is 12.3. The van der Waals surface area contributed by atoms with Crippen LogP contribution in [0.4, 0.5) is 0 Å². The summed E-state index contributed by atoms with van der Waals surface area (Å²) in [5, 5.41) is 15.7. The number of benzene rings is 3. The average molecular weight is 348 g/mol. The summed E-state index contributed by atoms with van der Waals surface area (Å²) in [6, 6.07) is 18.5. The van der Waals surface area contributed by atoms with Crippen LogP contribution in [0.15, 0.2) is 65.8 Å². The summed E-state index contributed by atoms with van der Waals surface area (Å²) in [5.41, 5.74) is 3.96. The highest BCUT2D eigenvalue weighted by molar-refractivity contribution is 5.89. The molecule has 0 heterocycles. The molecule has 2 N–H and O–H groups in total. The van der Waals surface area contributed by atoms with E-state index in [9.17, 15) is 9.90 Å². The highest BCUT2D eigenvalue weighted by atomic mass is 16.5. The van der Waals surface area contributed by atoms with Crippen molar-refractivity contribution in [3.05, 3.63) is 71.8 Å². The van der Waals surface area contributed by atoms with Crippen molar-refractivity contribution in [2.45, 2.75) is 12.8 Å². The number of amides is 1. The Hall–Kier alpha value is -3.34. The molecule has 0 spiro atoms. The Bertz CT molecular complexity index is 966. The monoisotopic (exact) mass is 348 g/mol. The van der Waals surface area contributed by atoms with E-state index in [1.54, 1.807) is 31.4 Å². The van der Waals surface area contributed by atoms with Crippen LogP contribution in [0.5, 0.6) is 11.5 Å². The van der Waals surface area contributed by atoms with Crippen molar-refractivity contribution in [3.63, 3.8) is 0 Å². The van der Waals surface area contributed by atoms with Gasteiger partial charge in [-0.3, -0.25) is 4.79 Å². The van der Waals surface area contributed by atoms with Crippen molar-refractivity contribution in [2.75, 3.05) is 7.11 Å². The van der Waals surface area contributed by atoms with Gasteiger partial charge in [0.2, 0.25) is 5.91 Å². The van der Waals surface area contributed by atoms with E-state index in [0.29, 0.717) is 5.56 Å². The molecule has 3 rings (SSSR count). The number of aromatic hydroxyl groups is 1. The van der Waals surface area contributed by atoms with E-state index in [2.05, 4.69) is 10.5 Å². The Kier molecular flexibility index (Phi) is 5.17. The van der Waals surface area contributed by atoms with Gasteiger partial charge in [-0.1, -0.05) is 36.4 Å². The number of phenolic OH excluding ortho intramolecular Hbond substituents is 1.